The minimum absolute atomic E-state index is 0.0249. The smallest absolute Gasteiger partial charge is 0.181 e. The maximum Gasteiger partial charge on any atom is 0.181 e. The highest BCUT2D eigenvalue weighted by Crippen LogP contribution is 2.45. The third-order valence-electron chi connectivity index (χ3n) is 7.94. The molecule has 0 saturated carbocycles. The second-order valence-electron chi connectivity index (χ2n) is 11.0. The highest BCUT2D eigenvalue weighted by Gasteiger charge is 2.42. The number of aliphatic hydroxyl groups excluding tert-OH is 1. The summed E-state index contributed by atoms with van der Waals surface area (Å²) in [6.07, 6.45) is 9.38. The number of allylic oxidation sites excluding steroid dienone is 2. The summed E-state index contributed by atoms with van der Waals surface area (Å²) in [6, 6.07) is 12.7. The second-order valence-corrected chi connectivity index (χ2v) is 11.0. The molecular weight excluding hydrogens is 468 g/mol. The Morgan fingerprint density at radius 1 is 0.684 bits per heavy atom. The van der Waals surface area contributed by atoms with E-state index in [2.05, 4.69) is 81.7 Å². The third kappa shape index (κ3) is 6.81. The monoisotopic (exact) mass is 518 g/mol. The number of benzene rings is 2. The van der Waals surface area contributed by atoms with E-state index in [1.807, 2.05) is 6.07 Å². The Morgan fingerprint density at radius 2 is 1.13 bits per heavy atom. The van der Waals surface area contributed by atoms with Gasteiger partial charge in [-0.15, -0.1) is 0 Å². The summed E-state index contributed by atoms with van der Waals surface area (Å²) in [5.41, 5.74) is 6.80. The number of hydrogen-bond donors (Lipinski definition) is 1. The van der Waals surface area contributed by atoms with Gasteiger partial charge in [-0.25, -0.2) is 0 Å². The molecule has 38 heavy (non-hydrogen) atoms. The van der Waals surface area contributed by atoms with Crippen molar-refractivity contribution in [1.82, 2.24) is 0 Å². The Kier molecular flexibility index (Phi) is 11.3. The fraction of sp³-hybridized carbons (Fsp3) is 0.559. The Labute approximate surface area is 231 Å². The molecule has 4 nitrogen and oxygen atoms in total. The van der Waals surface area contributed by atoms with Gasteiger partial charge in [-0.2, -0.15) is 0 Å². The molecule has 1 aliphatic carbocycles. The van der Waals surface area contributed by atoms with Crippen molar-refractivity contribution in [2.24, 2.45) is 0 Å². The van der Waals surface area contributed by atoms with Crippen LogP contribution in [-0.4, -0.2) is 37.1 Å². The van der Waals surface area contributed by atoms with E-state index in [9.17, 15) is 9.90 Å². The molecule has 2 aromatic rings. The van der Waals surface area contributed by atoms with E-state index < -0.39 is 5.92 Å². The van der Waals surface area contributed by atoms with Crippen LogP contribution < -0.4 is 9.80 Å². The number of unbranched alkanes of at least 4 members (excludes halogenated alkanes) is 4. The van der Waals surface area contributed by atoms with Crippen molar-refractivity contribution in [2.75, 3.05) is 36.0 Å². The second kappa shape index (κ2) is 14.4. The number of nitrogens with zero attached hydrogens (tertiary/aromatic N) is 2. The molecule has 1 N–H and O–H groups in total. The molecule has 208 valence electrons. The van der Waals surface area contributed by atoms with Crippen LogP contribution in [0.3, 0.4) is 0 Å². The summed E-state index contributed by atoms with van der Waals surface area (Å²) >= 11 is 0. The van der Waals surface area contributed by atoms with Crippen LogP contribution in [0.1, 0.15) is 107 Å². The summed E-state index contributed by atoms with van der Waals surface area (Å²) in [6.45, 7) is 17.2. The summed E-state index contributed by atoms with van der Waals surface area (Å²) in [5, 5.41) is 11.2. The van der Waals surface area contributed by atoms with Crippen molar-refractivity contribution in [2.45, 2.75) is 98.8 Å². The van der Waals surface area contributed by atoms with Crippen LogP contribution in [0, 0.1) is 13.8 Å². The first kappa shape index (κ1) is 29.8. The van der Waals surface area contributed by atoms with Crippen LogP contribution in [0.4, 0.5) is 11.4 Å². The van der Waals surface area contributed by atoms with Gasteiger partial charge in [0.05, 0.1) is 5.57 Å². The van der Waals surface area contributed by atoms with E-state index in [1.54, 1.807) is 0 Å². The Hall–Kier alpha value is -2.75. The lowest BCUT2D eigenvalue weighted by Crippen LogP contribution is -2.30. The van der Waals surface area contributed by atoms with Crippen molar-refractivity contribution in [3.63, 3.8) is 0 Å². The normalized spacial score (nSPS) is 15.1. The van der Waals surface area contributed by atoms with E-state index >= 15 is 0 Å². The van der Waals surface area contributed by atoms with Crippen LogP contribution in [-0.2, 0) is 4.79 Å². The third-order valence-corrected chi connectivity index (χ3v) is 7.94. The molecule has 0 radical (unpaired) electrons. The first-order chi connectivity index (χ1) is 18.4. The van der Waals surface area contributed by atoms with E-state index in [4.69, 9.17) is 0 Å². The predicted octanol–water partition coefficient (Wildman–Crippen LogP) is 8.75. The van der Waals surface area contributed by atoms with Crippen LogP contribution in [0.2, 0.25) is 0 Å². The molecule has 0 heterocycles. The summed E-state index contributed by atoms with van der Waals surface area (Å²) in [5.74, 6) is -0.315. The molecule has 1 aliphatic rings. The van der Waals surface area contributed by atoms with Gasteiger partial charge in [0.1, 0.15) is 11.7 Å². The number of rotatable bonds is 16. The standard InChI is InChI=1S/C34H50N2O2/c1-7-11-19-35(20-12-8-2)27-15-17-29(25(5)23-27)31-33(37)32(34(31)38)30-18-16-28(24-26(30)6)36(21-13-9-3)22-14-10-4/h15-18,23-24,31,37H,7-14,19-22H2,1-6H3. The molecule has 0 spiro atoms. The van der Waals surface area contributed by atoms with E-state index in [-0.39, 0.29) is 11.5 Å². The lowest BCUT2D eigenvalue weighted by molar-refractivity contribution is -0.116. The van der Waals surface area contributed by atoms with Crippen molar-refractivity contribution >= 4 is 22.7 Å². The fourth-order valence-corrected chi connectivity index (χ4v) is 5.46. The van der Waals surface area contributed by atoms with Gasteiger partial charge in [-0.1, -0.05) is 65.5 Å². The van der Waals surface area contributed by atoms with E-state index in [0.29, 0.717) is 5.57 Å². The Bertz CT molecular complexity index is 1090. The quantitative estimate of drug-likeness (QED) is 0.241. The van der Waals surface area contributed by atoms with Gasteiger partial charge in [-0.3, -0.25) is 4.79 Å². The zero-order valence-electron chi connectivity index (χ0n) is 24.8. The van der Waals surface area contributed by atoms with Gasteiger partial charge in [0, 0.05) is 37.6 Å². The van der Waals surface area contributed by atoms with Gasteiger partial charge in [0.25, 0.3) is 0 Å². The number of aryl methyl sites for hydroxylation is 2. The highest BCUT2D eigenvalue weighted by molar-refractivity contribution is 6.32. The van der Waals surface area contributed by atoms with Crippen molar-refractivity contribution in [3.8, 4) is 0 Å². The average Bonchev–Trinajstić information content (AvgIpc) is 2.91. The Balaban J connectivity index is 1.84. The van der Waals surface area contributed by atoms with Gasteiger partial charge in [0.2, 0.25) is 0 Å². The number of aliphatic hydroxyl groups is 1. The molecule has 0 aromatic heterocycles. The number of ketones is 1. The minimum Gasteiger partial charge on any atom is -0.510 e. The largest absolute Gasteiger partial charge is 0.510 e. The molecule has 0 aliphatic heterocycles. The predicted molar refractivity (Wildman–Crippen MR) is 164 cm³/mol. The number of anilines is 2. The molecule has 0 bridgehead atoms. The van der Waals surface area contributed by atoms with Crippen LogP contribution >= 0.6 is 0 Å². The van der Waals surface area contributed by atoms with Crippen LogP contribution in [0.25, 0.3) is 5.57 Å². The fourth-order valence-electron chi connectivity index (χ4n) is 5.46. The molecule has 0 fully saturated rings. The van der Waals surface area contributed by atoms with Crippen LogP contribution in [0.15, 0.2) is 42.2 Å². The van der Waals surface area contributed by atoms with E-state index in [1.165, 1.54) is 62.7 Å². The Morgan fingerprint density at radius 3 is 1.53 bits per heavy atom. The zero-order chi connectivity index (χ0) is 27.7. The van der Waals surface area contributed by atoms with Crippen molar-refractivity contribution in [3.05, 3.63) is 64.4 Å². The molecule has 1 atom stereocenters. The number of carbonyl (C=O) groups excluding carboxylic acids is 1. The maximum absolute atomic E-state index is 13.4. The lowest BCUT2D eigenvalue weighted by Gasteiger charge is -2.32. The number of hydrogen-bond acceptors (Lipinski definition) is 4. The van der Waals surface area contributed by atoms with E-state index in [0.717, 1.165) is 48.4 Å². The molecule has 0 saturated heterocycles. The minimum atomic E-state index is -0.552. The van der Waals surface area contributed by atoms with Crippen molar-refractivity contribution < 1.29 is 9.90 Å². The summed E-state index contributed by atoms with van der Waals surface area (Å²) in [7, 11) is 0. The number of Topliss-reactive ketones (excluding diaryl/α,β-unsaturated/α-hetero) is 1. The molecular formula is C34H50N2O2. The molecule has 3 rings (SSSR count). The van der Waals surface area contributed by atoms with Gasteiger partial charge in [0.15, 0.2) is 5.78 Å². The number of carbonyl (C=O) groups is 1. The zero-order valence-corrected chi connectivity index (χ0v) is 24.8. The SMILES string of the molecule is CCCCN(CCCC)c1ccc(C2=C(O)C(c3ccc(N(CCCC)CCCC)cc3C)C2=O)c(C)c1. The first-order valence-corrected chi connectivity index (χ1v) is 15.1. The summed E-state index contributed by atoms with van der Waals surface area (Å²) < 4.78 is 0. The van der Waals surface area contributed by atoms with Crippen LogP contribution in [0.5, 0.6) is 0 Å². The molecule has 1 unspecified atom stereocenters. The van der Waals surface area contributed by atoms with Crippen molar-refractivity contribution in [1.29, 1.82) is 0 Å². The maximum atomic E-state index is 13.4. The molecule has 2 aromatic carbocycles. The van der Waals surface area contributed by atoms with Gasteiger partial charge in [-0.05, 0) is 86.1 Å². The summed E-state index contributed by atoms with van der Waals surface area (Å²) in [4.78, 5) is 18.4. The lowest BCUT2D eigenvalue weighted by atomic mass is 9.73. The average molecular weight is 519 g/mol. The molecule has 0 amide bonds. The van der Waals surface area contributed by atoms with Gasteiger partial charge >= 0.3 is 0 Å². The molecule has 4 heteroatoms. The topological polar surface area (TPSA) is 43.8 Å². The van der Waals surface area contributed by atoms with Gasteiger partial charge < -0.3 is 14.9 Å². The highest BCUT2D eigenvalue weighted by atomic mass is 16.3. The first-order valence-electron chi connectivity index (χ1n) is 15.1.